The molecule has 2 aromatic rings. The average Bonchev–Trinajstić information content (AvgIpc) is 3.51. The van der Waals surface area contributed by atoms with Gasteiger partial charge in [-0.2, -0.15) is 14.6 Å². The van der Waals surface area contributed by atoms with E-state index >= 15 is 0 Å². The SMILES string of the molecule is CC(CNS(C)(=O)=O)(OC[C@H]1O[C@@H](n2nnc3c(NC4CCCC4)nc(Cl)nc32)[C@H](O)[C@@H]1O)P(=O)(O)O. The van der Waals surface area contributed by atoms with Crippen LogP contribution >= 0.6 is 19.2 Å². The minimum atomic E-state index is -5.00. The van der Waals surface area contributed by atoms with Gasteiger partial charge in [0.1, 0.15) is 18.3 Å². The molecule has 1 aliphatic carbocycles. The molecule has 16 nitrogen and oxygen atoms in total. The highest BCUT2D eigenvalue weighted by atomic mass is 35.5. The number of sulfonamides is 1. The van der Waals surface area contributed by atoms with Gasteiger partial charge in [0.2, 0.25) is 15.3 Å². The smallest absolute Gasteiger partial charge is 0.358 e. The zero-order valence-corrected chi connectivity index (χ0v) is 22.4. The Labute approximate surface area is 216 Å². The molecule has 1 saturated carbocycles. The summed E-state index contributed by atoms with van der Waals surface area (Å²) in [6, 6.07) is 0.191. The van der Waals surface area contributed by atoms with Crippen LogP contribution < -0.4 is 10.0 Å². The van der Waals surface area contributed by atoms with E-state index in [1.165, 1.54) is 0 Å². The summed E-state index contributed by atoms with van der Waals surface area (Å²) in [5.74, 6) is 0.372. The van der Waals surface area contributed by atoms with Gasteiger partial charge < -0.3 is 34.8 Å². The predicted octanol–water partition coefficient (Wildman–Crippen LogP) is -0.692. The van der Waals surface area contributed by atoms with Crippen molar-refractivity contribution in [3.05, 3.63) is 5.28 Å². The van der Waals surface area contributed by atoms with Crippen LogP contribution in [-0.4, -0.2) is 102 Å². The van der Waals surface area contributed by atoms with Gasteiger partial charge in [-0.15, -0.1) is 5.10 Å². The van der Waals surface area contributed by atoms with E-state index in [-0.39, 0.29) is 22.5 Å². The maximum Gasteiger partial charge on any atom is 0.358 e. The van der Waals surface area contributed by atoms with Crippen molar-refractivity contribution >= 4 is 46.2 Å². The second-order valence-electron chi connectivity index (χ2n) is 9.34. The quantitative estimate of drug-likeness (QED) is 0.150. The standard InChI is InChI=1S/C18H29ClN7O9PS/c1-18(36(29,30)31,8-20-37(2,32)33)34-7-10-12(27)13(28)16(35-10)26-15-11(24-25-26)14(22-17(19)23-15)21-9-5-3-4-6-9/h9-10,12-13,16,20,27-28H,3-8H2,1-2H3,(H,21,22,23)(H2,29,30,31)/t10-,12-,13-,16-,18?/m1/s1. The Morgan fingerprint density at radius 3 is 2.54 bits per heavy atom. The van der Waals surface area contributed by atoms with Crippen LogP contribution in [0.4, 0.5) is 5.82 Å². The van der Waals surface area contributed by atoms with Gasteiger partial charge in [-0.3, -0.25) is 4.57 Å². The van der Waals surface area contributed by atoms with Crippen LogP contribution in [0, 0.1) is 0 Å². The van der Waals surface area contributed by atoms with Crippen LogP contribution in [0.25, 0.3) is 11.2 Å². The first-order valence-corrected chi connectivity index (χ1v) is 15.3. The molecule has 0 aromatic carbocycles. The summed E-state index contributed by atoms with van der Waals surface area (Å²) in [6.07, 6.45) is -0.750. The number of aliphatic hydroxyl groups is 2. The van der Waals surface area contributed by atoms with Gasteiger partial charge in [0.05, 0.1) is 19.4 Å². The van der Waals surface area contributed by atoms with Crippen LogP contribution in [0.5, 0.6) is 0 Å². The van der Waals surface area contributed by atoms with Crippen molar-refractivity contribution < 1.29 is 42.5 Å². The molecule has 0 bridgehead atoms. The Balaban J connectivity index is 1.53. The number of fused-ring (bicyclic) bond motifs is 1. The van der Waals surface area contributed by atoms with Crippen molar-refractivity contribution in [3.63, 3.8) is 0 Å². The van der Waals surface area contributed by atoms with Crippen molar-refractivity contribution in [1.82, 2.24) is 29.7 Å². The van der Waals surface area contributed by atoms with E-state index < -0.39 is 60.7 Å². The topological polar surface area (TPSA) is 231 Å². The maximum absolute atomic E-state index is 12.0. The Morgan fingerprint density at radius 2 is 1.92 bits per heavy atom. The average molecular weight is 586 g/mol. The minimum absolute atomic E-state index is 0.0970. The molecule has 37 heavy (non-hydrogen) atoms. The maximum atomic E-state index is 12.0. The van der Waals surface area contributed by atoms with Crippen LogP contribution in [0.15, 0.2) is 0 Å². The Hall–Kier alpha value is -1.53. The molecular formula is C18H29ClN7O9PS. The van der Waals surface area contributed by atoms with E-state index in [9.17, 15) is 33.0 Å². The van der Waals surface area contributed by atoms with Crippen molar-refractivity contribution in [1.29, 1.82) is 0 Å². The third-order valence-electron chi connectivity index (χ3n) is 6.41. The third-order valence-corrected chi connectivity index (χ3v) is 8.77. The van der Waals surface area contributed by atoms with E-state index in [1.807, 2.05) is 4.72 Å². The van der Waals surface area contributed by atoms with E-state index in [2.05, 4.69) is 25.6 Å². The van der Waals surface area contributed by atoms with Gasteiger partial charge in [-0.05, 0) is 31.4 Å². The monoisotopic (exact) mass is 585 g/mol. The third kappa shape index (κ3) is 6.21. The molecule has 5 atom stereocenters. The lowest BCUT2D eigenvalue weighted by Crippen LogP contribution is -2.45. The van der Waals surface area contributed by atoms with Gasteiger partial charge in [0.15, 0.2) is 28.6 Å². The van der Waals surface area contributed by atoms with Crippen LogP contribution in [0.3, 0.4) is 0 Å². The molecule has 1 saturated heterocycles. The largest absolute Gasteiger partial charge is 0.387 e. The van der Waals surface area contributed by atoms with Crippen molar-refractivity contribution in [2.75, 3.05) is 24.7 Å². The zero-order valence-electron chi connectivity index (χ0n) is 19.9. The summed E-state index contributed by atoms with van der Waals surface area (Å²) in [7, 11) is -8.79. The summed E-state index contributed by atoms with van der Waals surface area (Å²) in [6.45, 7) is -0.326. The number of rotatable bonds is 10. The molecule has 19 heteroatoms. The van der Waals surface area contributed by atoms with Gasteiger partial charge >= 0.3 is 7.60 Å². The molecule has 208 valence electrons. The van der Waals surface area contributed by atoms with Crippen LogP contribution in [-0.2, 0) is 24.1 Å². The first-order valence-electron chi connectivity index (χ1n) is 11.4. The molecule has 2 fully saturated rings. The van der Waals surface area contributed by atoms with E-state index in [0.29, 0.717) is 5.82 Å². The van der Waals surface area contributed by atoms with Crippen LogP contribution in [0.1, 0.15) is 38.8 Å². The van der Waals surface area contributed by atoms with Gasteiger partial charge in [0.25, 0.3) is 0 Å². The fourth-order valence-corrected chi connectivity index (χ4v) is 5.51. The lowest BCUT2D eigenvalue weighted by Gasteiger charge is -2.31. The second kappa shape index (κ2) is 10.6. The fraction of sp³-hybridized carbons (Fsp3) is 0.778. The lowest BCUT2D eigenvalue weighted by molar-refractivity contribution is -0.0933. The summed E-state index contributed by atoms with van der Waals surface area (Å²) >= 11 is 6.12. The number of ether oxygens (including phenoxy) is 2. The van der Waals surface area contributed by atoms with E-state index in [1.54, 1.807) is 0 Å². The predicted molar refractivity (Wildman–Crippen MR) is 129 cm³/mol. The minimum Gasteiger partial charge on any atom is -0.387 e. The molecule has 3 heterocycles. The molecule has 4 rings (SSSR count). The summed E-state index contributed by atoms with van der Waals surface area (Å²) < 4.78 is 49.1. The number of aliphatic hydroxyl groups excluding tert-OH is 2. The first-order chi connectivity index (χ1) is 17.2. The summed E-state index contributed by atoms with van der Waals surface area (Å²) in [5.41, 5.74) is 0.415. The number of anilines is 1. The first kappa shape index (κ1) is 28.5. The highest BCUT2D eigenvalue weighted by Gasteiger charge is 2.49. The summed E-state index contributed by atoms with van der Waals surface area (Å²) in [5, 5.41) is 30.2. The number of nitrogens with one attached hydrogen (secondary N) is 2. The number of hydrogen-bond acceptors (Lipinski definition) is 12. The molecular weight excluding hydrogens is 557 g/mol. The Kier molecular flexibility index (Phi) is 8.13. The van der Waals surface area contributed by atoms with Crippen LogP contribution in [0.2, 0.25) is 5.28 Å². The van der Waals surface area contributed by atoms with Crippen molar-refractivity contribution in [3.8, 4) is 0 Å². The zero-order chi connectivity index (χ0) is 27.2. The number of halogens is 1. The molecule has 0 radical (unpaired) electrons. The molecule has 2 aromatic heterocycles. The van der Waals surface area contributed by atoms with Gasteiger partial charge in [-0.1, -0.05) is 18.1 Å². The Bertz CT molecular complexity index is 1290. The highest BCUT2D eigenvalue weighted by molar-refractivity contribution is 7.88. The molecule has 0 spiro atoms. The van der Waals surface area contributed by atoms with E-state index in [0.717, 1.165) is 43.5 Å². The number of hydrogen-bond donors (Lipinski definition) is 6. The van der Waals surface area contributed by atoms with Crippen molar-refractivity contribution in [2.24, 2.45) is 0 Å². The Morgan fingerprint density at radius 1 is 1.24 bits per heavy atom. The number of aromatic nitrogens is 5. The fourth-order valence-electron chi connectivity index (χ4n) is 4.17. The number of nitrogens with zero attached hydrogens (tertiary/aromatic N) is 5. The highest BCUT2D eigenvalue weighted by Crippen LogP contribution is 2.51. The molecule has 6 N–H and O–H groups in total. The molecule has 0 amide bonds. The molecule has 1 aliphatic heterocycles. The normalized spacial score (nSPS) is 27.1. The molecule has 1 unspecified atom stereocenters. The van der Waals surface area contributed by atoms with E-state index in [4.69, 9.17) is 21.1 Å². The summed E-state index contributed by atoms with van der Waals surface area (Å²) in [4.78, 5) is 27.8. The van der Waals surface area contributed by atoms with Crippen molar-refractivity contribution in [2.45, 2.75) is 68.5 Å². The second-order valence-corrected chi connectivity index (χ2v) is 13.5. The molecule has 2 aliphatic rings. The van der Waals surface area contributed by atoms with Gasteiger partial charge in [-0.25, -0.2) is 13.1 Å². The van der Waals surface area contributed by atoms with Gasteiger partial charge in [0, 0.05) is 6.04 Å². The lowest BCUT2D eigenvalue weighted by atomic mass is 10.1.